The minimum atomic E-state index is -0.152. The number of likely N-dealkylation sites (N-methyl/N-ethyl adjacent to an activating group) is 1. The van der Waals surface area contributed by atoms with Crippen molar-refractivity contribution >= 4 is 11.8 Å². The molecule has 1 aromatic carbocycles. The number of methoxy groups -OCH3 is 1. The van der Waals surface area contributed by atoms with Crippen LogP contribution in [0.15, 0.2) is 53.2 Å². The number of rotatable bonds is 6. The van der Waals surface area contributed by atoms with Gasteiger partial charge in [-0.3, -0.25) is 0 Å². The van der Waals surface area contributed by atoms with Gasteiger partial charge in [0, 0.05) is 38.0 Å². The highest BCUT2D eigenvalue weighted by Crippen LogP contribution is 2.29. The number of aromatic nitrogens is 3. The fourth-order valence-corrected chi connectivity index (χ4v) is 3.77. The number of carbonyl (C=O) groups excluding carboxylic acids is 1. The molecule has 0 spiro atoms. The monoisotopic (exact) mass is 422 g/mol. The zero-order chi connectivity index (χ0) is 21.6. The lowest BCUT2D eigenvalue weighted by Crippen LogP contribution is -2.51. The van der Waals surface area contributed by atoms with E-state index in [4.69, 9.17) is 9.26 Å². The predicted octanol–water partition coefficient (Wildman–Crippen LogP) is 2.95. The van der Waals surface area contributed by atoms with Gasteiger partial charge in [0.25, 0.3) is 0 Å². The summed E-state index contributed by atoms with van der Waals surface area (Å²) in [5, 5.41) is 15.2. The smallest absolute Gasteiger partial charge is 0.317 e. The van der Waals surface area contributed by atoms with Gasteiger partial charge in [-0.25, -0.2) is 4.79 Å². The number of ether oxygens (including phenoxy) is 1. The summed E-state index contributed by atoms with van der Waals surface area (Å²) in [6.07, 6.45) is 3.59. The fraction of sp³-hybridized carbons (Fsp3) is 0.364. The van der Waals surface area contributed by atoms with Crippen LogP contribution in [-0.2, 0) is 6.54 Å². The number of anilines is 1. The van der Waals surface area contributed by atoms with E-state index in [0.29, 0.717) is 11.5 Å². The Bertz CT molecular complexity index is 1010. The molecule has 0 aliphatic carbocycles. The van der Waals surface area contributed by atoms with Crippen molar-refractivity contribution in [2.75, 3.05) is 32.1 Å². The first kappa shape index (κ1) is 20.6. The van der Waals surface area contributed by atoms with Gasteiger partial charge in [-0.2, -0.15) is 5.10 Å². The van der Waals surface area contributed by atoms with E-state index in [1.165, 1.54) is 0 Å². The van der Waals surface area contributed by atoms with Gasteiger partial charge in [-0.15, -0.1) is 5.10 Å². The molecule has 162 valence electrons. The topological polar surface area (TPSA) is 96.6 Å². The quantitative estimate of drug-likeness (QED) is 0.652. The highest BCUT2D eigenvalue weighted by Gasteiger charge is 2.27. The van der Waals surface area contributed by atoms with E-state index < -0.39 is 0 Å². The Balaban J connectivity index is 1.34. The zero-order valence-electron chi connectivity index (χ0n) is 17.7. The predicted molar refractivity (Wildman–Crippen MR) is 116 cm³/mol. The minimum absolute atomic E-state index is 0.0922. The van der Waals surface area contributed by atoms with Crippen LogP contribution < -0.4 is 15.0 Å². The van der Waals surface area contributed by atoms with Crippen molar-refractivity contribution in [1.29, 1.82) is 0 Å². The van der Waals surface area contributed by atoms with Crippen molar-refractivity contribution in [3.63, 3.8) is 0 Å². The second-order valence-corrected chi connectivity index (χ2v) is 7.47. The van der Waals surface area contributed by atoms with Crippen LogP contribution in [-0.4, -0.2) is 59.6 Å². The lowest BCUT2D eigenvalue weighted by molar-refractivity contribution is 0.181. The maximum absolute atomic E-state index is 12.7. The number of hydrogen-bond acceptors (Lipinski definition) is 7. The van der Waals surface area contributed by atoms with E-state index in [1.807, 2.05) is 49.5 Å². The van der Waals surface area contributed by atoms with Crippen molar-refractivity contribution in [2.45, 2.75) is 25.4 Å². The van der Waals surface area contributed by atoms with Crippen LogP contribution in [0.4, 0.5) is 10.6 Å². The van der Waals surface area contributed by atoms with E-state index >= 15 is 0 Å². The Morgan fingerprint density at radius 3 is 3.00 bits per heavy atom. The Kier molecular flexibility index (Phi) is 6.30. The van der Waals surface area contributed by atoms with Gasteiger partial charge in [0.1, 0.15) is 11.4 Å². The number of benzene rings is 1. The van der Waals surface area contributed by atoms with Crippen LogP contribution in [0, 0.1) is 0 Å². The van der Waals surface area contributed by atoms with Crippen molar-refractivity contribution in [3.8, 4) is 17.0 Å². The maximum atomic E-state index is 12.7. The van der Waals surface area contributed by atoms with Crippen molar-refractivity contribution in [1.82, 2.24) is 25.6 Å². The SMILES string of the molecule is COc1ccccc1-c1cc(CNC(=O)N(C)[C@@H]2CCCN(c3cccnn3)C2)on1. The first-order chi connectivity index (χ1) is 15.2. The average molecular weight is 422 g/mol. The van der Waals surface area contributed by atoms with Gasteiger partial charge in [0.2, 0.25) is 0 Å². The number of amides is 2. The first-order valence-corrected chi connectivity index (χ1v) is 10.3. The fourth-order valence-electron chi connectivity index (χ4n) is 3.77. The molecule has 31 heavy (non-hydrogen) atoms. The molecule has 1 atom stereocenters. The second-order valence-electron chi connectivity index (χ2n) is 7.47. The largest absolute Gasteiger partial charge is 0.496 e. The van der Waals surface area contributed by atoms with Gasteiger partial charge in [0.05, 0.1) is 19.7 Å². The van der Waals surface area contributed by atoms with Gasteiger partial charge in [-0.05, 0) is 37.1 Å². The molecule has 0 bridgehead atoms. The normalized spacial score (nSPS) is 16.1. The van der Waals surface area contributed by atoms with E-state index in [-0.39, 0.29) is 18.6 Å². The Hall–Kier alpha value is -3.62. The molecule has 1 aliphatic heterocycles. The highest BCUT2D eigenvalue weighted by atomic mass is 16.5. The van der Waals surface area contributed by atoms with E-state index in [9.17, 15) is 4.79 Å². The maximum Gasteiger partial charge on any atom is 0.317 e. The van der Waals surface area contributed by atoms with Gasteiger partial charge in [0.15, 0.2) is 11.6 Å². The highest BCUT2D eigenvalue weighted by molar-refractivity contribution is 5.74. The molecule has 3 heterocycles. The third-order valence-corrected chi connectivity index (χ3v) is 5.50. The molecule has 0 saturated carbocycles. The zero-order valence-corrected chi connectivity index (χ0v) is 17.7. The molecule has 1 N–H and O–H groups in total. The summed E-state index contributed by atoms with van der Waals surface area (Å²) in [6, 6.07) is 13.2. The van der Waals surface area contributed by atoms with Crippen LogP contribution in [0.2, 0.25) is 0 Å². The van der Waals surface area contributed by atoms with Crippen molar-refractivity contribution in [2.24, 2.45) is 0 Å². The molecule has 0 unspecified atom stereocenters. The summed E-state index contributed by atoms with van der Waals surface area (Å²) in [4.78, 5) is 16.6. The molecule has 1 saturated heterocycles. The molecule has 3 aromatic rings. The number of para-hydroxylation sites is 1. The molecule has 0 radical (unpaired) electrons. The van der Waals surface area contributed by atoms with Crippen LogP contribution in [0.1, 0.15) is 18.6 Å². The number of nitrogens with one attached hydrogen (secondary N) is 1. The molecule has 4 rings (SSSR count). The van der Waals surface area contributed by atoms with Gasteiger partial charge in [-0.1, -0.05) is 17.3 Å². The van der Waals surface area contributed by atoms with E-state index in [2.05, 4.69) is 25.6 Å². The van der Waals surface area contributed by atoms with Crippen LogP contribution in [0.25, 0.3) is 11.3 Å². The minimum Gasteiger partial charge on any atom is -0.496 e. The van der Waals surface area contributed by atoms with Crippen LogP contribution in [0.3, 0.4) is 0 Å². The molecule has 9 heteroatoms. The average Bonchev–Trinajstić information content (AvgIpc) is 3.31. The van der Waals surface area contributed by atoms with Crippen LogP contribution >= 0.6 is 0 Å². The number of hydrogen-bond donors (Lipinski definition) is 1. The van der Waals surface area contributed by atoms with E-state index in [0.717, 1.165) is 43.1 Å². The lowest BCUT2D eigenvalue weighted by atomic mass is 10.0. The molecular formula is C22H26N6O3. The Morgan fingerprint density at radius 2 is 2.19 bits per heavy atom. The third kappa shape index (κ3) is 4.76. The summed E-state index contributed by atoms with van der Waals surface area (Å²) in [5.74, 6) is 2.13. The molecule has 1 fully saturated rings. The summed E-state index contributed by atoms with van der Waals surface area (Å²) in [6.45, 7) is 1.89. The third-order valence-electron chi connectivity index (χ3n) is 5.50. The second kappa shape index (κ2) is 9.46. The summed E-state index contributed by atoms with van der Waals surface area (Å²) < 4.78 is 10.8. The van der Waals surface area contributed by atoms with Gasteiger partial charge >= 0.3 is 6.03 Å². The summed E-state index contributed by atoms with van der Waals surface area (Å²) in [7, 11) is 3.44. The Morgan fingerprint density at radius 1 is 1.32 bits per heavy atom. The number of piperidine rings is 1. The standard InChI is InChI=1S/C22H26N6O3/c1-27(16-7-6-12-28(15-16)21-10-5-11-24-25-21)22(29)23-14-17-13-19(26-31-17)18-8-3-4-9-20(18)30-2/h3-5,8-11,13,16H,6-7,12,14-15H2,1-2H3,(H,23,29)/t16-/m1/s1. The molecule has 2 aromatic heterocycles. The number of urea groups is 1. The molecular weight excluding hydrogens is 396 g/mol. The Labute approximate surface area is 181 Å². The molecule has 2 amide bonds. The van der Waals surface area contributed by atoms with Gasteiger partial charge < -0.3 is 24.4 Å². The van der Waals surface area contributed by atoms with Crippen molar-refractivity contribution in [3.05, 3.63) is 54.4 Å². The van der Waals surface area contributed by atoms with Crippen LogP contribution in [0.5, 0.6) is 5.75 Å². The summed E-state index contributed by atoms with van der Waals surface area (Å²) >= 11 is 0. The first-order valence-electron chi connectivity index (χ1n) is 10.3. The summed E-state index contributed by atoms with van der Waals surface area (Å²) in [5.41, 5.74) is 1.51. The number of nitrogens with zero attached hydrogens (tertiary/aromatic N) is 5. The van der Waals surface area contributed by atoms with Crippen molar-refractivity contribution < 1.29 is 14.1 Å². The van der Waals surface area contributed by atoms with E-state index in [1.54, 1.807) is 18.2 Å². The molecule has 9 nitrogen and oxygen atoms in total. The number of carbonyl (C=O) groups is 1. The lowest BCUT2D eigenvalue weighted by Gasteiger charge is -2.37. The molecule has 1 aliphatic rings.